The summed E-state index contributed by atoms with van der Waals surface area (Å²) >= 11 is 0. The molecule has 2 aromatic rings. The lowest BCUT2D eigenvalue weighted by Crippen LogP contribution is -2.45. The number of hydrogen-bond donors (Lipinski definition) is 1. The summed E-state index contributed by atoms with van der Waals surface area (Å²) < 4.78 is 46.6. The van der Waals surface area contributed by atoms with E-state index in [0.29, 0.717) is 17.7 Å². The van der Waals surface area contributed by atoms with Gasteiger partial charge in [0.25, 0.3) is 0 Å². The van der Waals surface area contributed by atoms with Crippen LogP contribution in [-0.2, 0) is 9.53 Å². The Morgan fingerprint density at radius 3 is 2.52 bits per heavy atom. The first-order valence-corrected chi connectivity index (χ1v) is 7.75. The number of anilines is 1. The van der Waals surface area contributed by atoms with Crippen LogP contribution in [0.25, 0.3) is 0 Å². The summed E-state index contributed by atoms with van der Waals surface area (Å²) in [5, 5.41) is 2.66. The number of carbonyl (C=O) groups excluding carboxylic acids is 1. The molecule has 1 heterocycles. The van der Waals surface area contributed by atoms with Crippen LogP contribution in [0.4, 0.5) is 18.9 Å². The number of carbonyl (C=O) groups is 1. The molecule has 25 heavy (non-hydrogen) atoms. The Hall–Kier alpha value is -2.54. The third kappa shape index (κ3) is 3.19. The quantitative estimate of drug-likeness (QED) is 0.843. The van der Waals surface area contributed by atoms with Gasteiger partial charge in [0.15, 0.2) is 17.9 Å². The van der Waals surface area contributed by atoms with Gasteiger partial charge in [-0.2, -0.15) is 0 Å². The molecule has 0 aliphatic carbocycles. The van der Waals surface area contributed by atoms with E-state index < -0.39 is 35.6 Å². The molecule has 7 heteroatoms. The Balaban J connectivity index is 2.01. The fraction of sp³-hybridized carbons (Fsp3) is 0.278. The van der Waals surface area contributed by atoms with Crippen LogP contribution in [-0.4, -0.2) is 32.3 Å². The van der Waals surface area contributed by atoms with Crippen molar-refractivity contribution in [3.05, 3.63) is 65.5 Å². The van der Waals surface area contributed by atoms with E-state index in [9.17, 15) is 18.0 Å². The van der Waals surface area contributed by atoms with Crippen molar-refractivity contribution < 1.29 is 22.7 Å². The van der Waals surface area contributed by atoms with Gasteiger partial charge in [0, 0.05) is 19.6 Å². The minimum absolute atomic E-state index is 0.274. The van der Waals surface area contributed by atoms with Crippen LogP contribution in [0.1, 0.15) is 11.5 Å². The summed E-state index contributed by atoms with van der Waals surface area (Å²) in [6.07, 6.45) is -0.130. The summed E-state index contributed by atoms with van der Waals surface area (Å²) in [5.74, 6) is -2.75. The summed E-state index contributed by atoms with van der Waals surface area (Å²) in [4.78, 5) is 12.7. The topological polar surface area (TPSA) is 41.6 Å². The van der Waals surface area contributed by atoms with E-state index in [1.807, 2.05) is 0 Å². The number of amides is 1. The SMILES string of the molecule is COC1C(NC=O)C(c2ccc(F)c(F)c2)CN1c1ccccc1F. The summed E-state index contributed by atoms with van der Waals surface area (Å²) in [5.41, 5.74) is 0.816. The predicted molar refractivity (Wildman–Crippen MR) is 86.6 cm³/mol. The third-order valence-electron chi connectivity index (χ3n) is 4.48. The molecule has 1 aliphatic heterocycles. The molecule has 132 valence electrons. The molecule has 0 aromatic heterocycles. The van der Waals surface area contributed by atoms with Gasteiger partial charge in [0.1, 0.15) is 5.82 Å². The number of nitrogens with zero attached hydrogens (tertiary/aromatic N) is 1. The van der Waals surface area contributed by atoms with Gasteiger partial charge >= 0.3 is 0 Å². The Morgan fingerprint density at radius 2 is 1.88 bits per heavy atom. The molecule has 3 atom stereocenters. The molecule has 1 aliphatic rings. The average Bonchev–Trinajstić information content (AvgIpc) is 2.96. The van der Waals surface area contributed by atoms with Crippen LogP contribution < -0.4 is 10.2 Å². The minimum Gasteiger partial charge on any atom is -0.359 e. The standard InChI is InChI=1S/C18H17F3N2O2/c1-25-18-17(22-10-24)12(11-6-7-13(19)15(21)8-11)9-23(18)16-5-3-2-4-14(16)20/h2-8,10,12,17-18H,9H2,1H3,(H,22,24). The second-order valence-corrected chi connectivity index (χ2v) is 5.82. The van der Waals surface area contributed by atoms with Crippen molar-refractivity contribution in [2.45, 2.75) is 18.2 Å². The molecule has 1 N–H and O–H groups in total. The molecule has 1 saturated heterocycles. The van der Waals surface area contributed by atoms with E-state index in [-0.39, 0.29) is 6.54 Å². The van der Waals surface area contributed by atoms with Gasteiger partial charge in [-0.1, -0.05) is 18.2 Å². The van der Waals surface area contributed by atoms with Gasteiger partial charge in [0.2, 0.25) is 6.41 Å². The van der Waals surface area contributed by atoms with Crippen molar-refractivity contribution in [1.29, 1.82) is 0 Å². The predicted octanol–water partition coefficient (Wildman–Crippen LogP) is 2.79. The Labute approximate surface area is 143 Å². The molecule has 3 rings (SSSR count). The Bertz CT molecular complexity index is 772. The number of nitrogens with one attached hydrogen (secondary N) is 1. The second-order valence-electron chi connectivity index (χ2n) is 5.82. The van der Waals surface area contributed by atoms with Gasteiger partial charge in [-0.25, -0.2) is 13.2 Å². The summed E-state index contributed by atoms with van der Waals surface area (Å²) in [7, 11) is 1.45. The van der Waals surface area contributed by atoms with Gasteiger partial charge in [0.05, 0.1) is 11.7 Å². The van der Waals surface area contributed by atoms with Crippen LogP contribution in [0.3, 0.4) is 0 Å². The molecule has 4 nitrogen and oxygen atoms in total. The highest BCUT2D eigenvalue weighted by Gasteiger charge is 2.43. The molecule has 2 aromatic carbocycles. The average molecular weight is 350 g/mol. The number of benzene rings is 2. The van der Waals surface area contributed by atoms with E-state index in [1.165, 1.54) is 19.2 Å². The third-order valence-corrected chi connectivity index (χ3v) is 4.48. The number of hydrogen-bond acceptors (Lipinski definition) is 3. The fourth-order valence-corrected chi connectivity index (χ4v) is 3.35. The molecular formula is C18H17F3N2O2. The van der Waals surface area contributed by atoms with Crippen LogP contribution in [0.15, 0.2) is 42.5 Å². The van der Waals surface area contributed by atoms with Gasteiger partial charge in [-0.05, 0) is 29.8 Å². The van der Waals surface area contributed by atoms with Gasteiger partial charge in [-0.15, -0.1) is 0 Å². The maximum Gasteiger partial charge on any atom is 0.207 e. The molecule has 0 bridgehead atoms. The maximum absolute atomic E-state index is 14.2. The van der Waals surface area contributed by atoms with Crippen LogP contribution in [0, 0.1) is 17.5 Å². The highest BCUT2D eigenvalue weighted by Crippen LogP contribution is 2.37. The van der Waals surface area contributed by atoms with Crippen molar-refractivity contribution in [3.8, 4) is 0 Å². The molecule has 0 spiro atoms. The van der Waals surface area contributed by atoms with Gasteiger partial charge < -0.3 is 15.0 Å². The van der Waals surface area contributed by atoms with Crippen molar-refractivity contribution >= 4 is 12.1 Å². The summed E-state index contributed by atoms with van der Waals surface area (Å²) in [6, 6.07) is 9.24. The van der Waals surface area contributed by atoms with Crippen LogP contribution >= 0.6 is 0 Å². The highest BCUT2D eigenvalue weighted by atomic mass is 19.2. The molecule has 0 saturated carbocycles. The number of methoxy groups -OCH3 is 1. The van der Waals surface area contributed by atoms with Crippen LogP contribution in [0.5, 0.6) is 0 Å². The van der Waals surface area contributed by atoms with E-state index in [2.05, 4.69) is 5.32 Å². The van der Waals surface area contributed by atoms with Crippen molar-refractivity contribution in [3.63, 3.8) is 0 Å². The van der Waals surface area contributed by atoms with Crippen molar-refractivity contribution in [2.75, 3.05) is 18.6 Å². The van der Waals surface area contributed by atoms with E-state index >= 15 is 0 Å². The molecule has 1 amide bonds. The summed E-state index contributed by atoms with van der Waals surface area (Å²) in [6.45, 7) is 0.274. The lowest BCUT2D eigenvalue weighted by molar-refractivity contribution is -0.111. The van der Waals surface area contributed by atoms with Gasteiger partial charge in [-0.3, -0.25) is 4.79 Å². The first-order chi connectivity index (χ1) is 12.1. The van der Waals surface area contributed by atoms with E-state index in [4.69, 9.17) is 4.74 Å². The highest BCUT2D eigenvalue weighted by molar-refractivity contribution is 5.54. The lowest BCUT2D eigenvalue weighted by atomic mass is 9.93. The van der Waals surface area contributed by atoms with E-state index in [1.54, 1.807) is 23.1 Å². The second kappa shape index (κ2) is 7.14. The Kier molecular flexibility index (Phi) is 4.94. The minimum atomic E-state index is -0.972. The number of para-hydroxylation sites is 1. The van der Waals surface area contributed by atoms with E-state index in [0.717, 1.165) is 12.1 Å². The lowest BCUT2D eigenvalue weighted by Gasteiger charge is -2.28. The van der Waals surface area contributed by atoms with Crippen molar-refractivity contribution in [2.24, 2.45) is 0 Å². The number of rotatable bonds is 5. The maximum atomic E-state index is 14.2. The zero-order valence-electron chi connectivity index (χ0n) is 13.5. The monoisotopic (exact) mass is 350 g/mol. The number of ether oxygens (including phenoxy) is 1. The zero-order chi connectivity index (χ0) is 18.0. The molecule has 1 fully saturated rings. The first kappa shape index (κ1) is 17.3. The van der Waals surface area contributed by atoms with Crippen molar-refractivity contribution in [1.82, 2.24) is 5.32 Å². The van der Waals surface area contributed by atoms with Crippen LogP contribution in [0.2, 0.25) is 0 Å². The molecule has 0 radical (unpaired) electrons. The normalized spacial score (nSPS) is 22.9. The first-order valence-electron chi connectivity index (χ1n) is 7.75. The molecule has 3 unspecified atom stereocenters. The Morgan fingerprint density at radius 1 is 1.12 bits per heavy atom. The largest absolute Gasteiger partial charge is 0.359 e. The zero-order valence-corrected chi connectivity index (χ0v) is 13.5. The molecular weight excluding hydrogens is 333 g/mol. The number of halogens is 3. The fourth-order valence-electron chi connectivity index (χ4n) is 3.35. The smallest absolute Gasteiger partial charge is 0.207 e.